The molecule has 3 heterocycles. The van der Waals surface area contributed by atoms with E-state index < -0.39 is 0 Å². The zero-order valence-corrected chi connectivity index (χ0v) is 15.3. The third-order valence-corrected chi connectivity index (χ3v) is 6.35. The fourth-order valence-corrected chi connectivity index (χ4v) is 4.70. The zero-order chi connectivity index (χ0) is 17.6. The molecule has 1 aromatic carbocycles. The van der Waals surface area contributed by atoms with Crippen LogP contribution in [0.3, 0.4) is 0 Å². The zero-order valence-electron chi connectivity index (χ0n) is 13.0. The Bertz CT molecular complexity index is 900. The second-order valence-corrected chi connectivity index (χ2v) is 7.60. The highest BCUT2D eigenvalue weighted by atomic mass is 35.5. The van der Waals surface area contributed by atoms with Gasteiger partial charge in [0.25, 0.3) is 5.91 Å². The summed E-state index contributed by atoms with van der Waals surface area (Å²) < 4.78 is 5.39. The first kappa shape index (κ1) is 16.7. The number of ether oxygens (including phenoxy) is 1. The van der Waals surface area contributed by atoms with Gasteiger partial charge in [-0.3, -0.25) is 4.79 Å². The molecule has 25 heavy (non-hydrogen) atoms. The number of amides is 1. The van der Waals surface area contributed by atoms with Crippen molar-refractivity contribution in [3.63, 3.8) is 0 Å². The van der Waals surface area contributed by atoms with Crippen LogP contribution in [0.5, 0.6) is 0 Å². The topological polar surface area (TPSA) is 45.9 Å². The van der Waals surface area contributed by atoms with Crippen LogP contribution in [0.25, 0.3) is 4.85 Å². The average molecular weight is 394 g/mol. The Morgan fingerprint density at radius 2 is 2.04 bits per heavy atom. The Labute approximate surface area is 158 Å². The Morgan fingerprint density at radius 3 is 2.72 bits per heavy atom. The van der Waals surface area contributed by atoms with Crippen LogP contribution in [0, 0.1) is 6.57 Å². The van der Waals surface area contributed by atoms with Crippen LogP contribution in [0.15, 0.2) is 18.2 Å². The quantitative estimate of drug-likeness (QED) is 0.774. The van der Waals surface area contributed by atoms with Crippen molar-refractivity contribution in [2.24, 2.45) is 0 Å². The van der Waals surface area contributed by atoms with E-state index in [1.807, 2.05) is 6.07 Å². The van der Waals surface area contributed by atoms with Gasteiger partial charge in [0.2, 0.25) is 5.69 Å². The molecule has 1 N–H and O–H groups in total. The molecule has 0 aliphatic carbocycles. The molecule has 8 heteroatoms. The number of thiophene rings is 1. The number of nitrogens with one attached hydrogen (secondary N) is 1. The van der Waals surface area contributed by atoms with Gasteiger partial charge in [-0.1, -0.05) is 29.3 Å². The van der Waals surface area contributed by atoms with Gasteiger partial charge in [0.15, 0.2) is 0 Å². The van der Waals surface area contributed by atoms with E-state index in [4.69, 9.17) is 34.5 Å². The Balaban J connectivity index is 1.81. The Morgan fingerprint density at radius 1 is 1.28 bits per heavy atom. The third-order valence-electron chi connectivity index (χ3n) is 4.36. The first-order valence-corrected chi connectivity index (χ1v) is 9.30. The summed E-state index contributed by atoms with van der Waals surface area (Å²) in [5.41, 5.74) is 2.10. The summed E-state index contributed by atoms with van der Waals surface area (Å²) in [7, 11) is 0. The second kappa shape index (κ2) is 6.50. The molecule has 2 aliphatic heterocycles. The molecule has 1 amide bonds. The molecular formula is C17H13Cl2N3O2S. The number of fused-ring (bicyclic) bond motifs is 1. The minimum atomic E-state index is -0.382. The van der Waals surface area contributed by atoms with Crippen molar-refractivity contribution in [3.8, 4) is 0 Å². The predicted octanol–water partition coefficient (Wildman–Crippen LogP) is 4.28. The van der Waals surface area contributed by atoms with Crippen molar-refractivity contribution >= 4 is 51.1 Å². The molecule has 1 unspecified atom stereocenters. The highest BCUT2D eigenvalue weighted by Gasteiger charge is 2.38. The maximum Gasteiger partial charge on any atom is 0.261 e. The highest BCUT2D eigenvalue weighted by molar-refractivity contribution is 7.19. The van der Waals surface area contributed by atoms with E-state index in [1.54, 1.807) is 12.1 Å². The van der Waals surface area contributed by atoms with Crippen molar-refractivity contribution in [3.05, 3.63) is 55.7 Å². The van der Waals surface area contributed by atoms with Gasteiger partial charge in [0.05, 0.1) is 45.8 Å². The fourth-order valence-electron chi connectivity index (χ4n) is 3.16. The summed E-state index contributed by atoms with van der Waals surface area (Å²) >= 11 is 13.5. The van der Waals surface area contributed by atoms with Crippen LogP contribution in [-0.2, 0) is 4.74 Å². The number of rotatable bonds is 2. The van der Waals surface area contributed by atoms with E-state index in [0.29, 0.717) is 33.8 Å². The maximum absolute atomic E-state index is 12.5. The molecular weight excluding hydrogens is 381 g/mol. The van der Waals surface area contributed by atoms with Gasteiger partial charge in [-0.2, -0.15) is 0 Å². The average Bonchev–Trinajstić information content (AvgIpc) is 3.16. The minimum Gasteiger partial charge on any atom is -0.378 e. The lowest BCUT2D eigenvalue weighted by molar-refractivity contribution is 0.0964. The van der Waals surface area contributed by atoms with Crippen molar-refractivity contribution < 1.29 is 9.53 Å². The molecule has 5 nitrogen and oxygen atoms in total. The summed E-state index contributed by atoms with van der Waals surface area (Å²) in [6.45, 7) is 10.4. The SMILES string of the molecule is [C-]#[N+]c1c(N2CCOCC2)sc2c1C(c1ccc(Cl)c(Cl)c1)NC2=O. The molecule has 128 valence electrons. The highest BCUT2D eigenvalue weighted by Crippen LogP contribution is 2.50. The molecule has 4 rings (SSSR count). The smallest absolute Gasteiger partial charge is 0.261 e. The van der Waals surface area contributed by atoms with Gasteiger partial charge < -0.3 is 15.0 Å². The fraction of sp³-hybridized carbons (Fsp3) is 0.294. The van der Waals surface area contributed by atoms with Crippen LogP contribution in [-0.4, -0.2) is 32.2 Å². The summed E-state index contributed by atoms with van der Waals surface area (Å²) in [6.07, 6.45) is 0. The van der Waals surface area contributed by atoms with E-state index >= 15 is 0 Å². The van der Waals surface area contributed by atoms with E-state index in [-0.39, 0.29) is 11.9 Å². The number of hydrogen-bond acceptors (Lipinski definition) is 4. The van der Waals surface area contributed by atoms with Crippen molar-refractivity contribution in [2.75, 3.05) is 31.2 Å². The molecule has 2 aliphatic rings. The molecule has 0 radical (unpaired) electrons. The number of carbonyl (C=O) groups is 1. The van der Waals surface area contributed by atoms with Gasteiger partial charge in [-0.05, 0) is 17.7 Å². The van der Waals surface area contributed by atoms with Gasteiger partial charge in [-0.15, -0.1) is 11.3 Å². The van der Waals surface area contributed by atoms with Crippen LogP contribution in [0.4, 0.5) is 10.7 Å². The molecule has 0 saturated carbocycles. The first-order valence-electron chi connectivity index (χ1n) is 7.73. The largest absolute Gasteiger partial charge is 0.378 e. The summed E-state index contributed by atoms with van der Waals surface area (Å²) in [6, 6.07) is 4.89. The van der Waals surface area contributed by atoms with E-state index in [9.17, 15) is 4.79 Å². The lowest BCUT2D eigenvalue weighted by Crippen LogP contribution is -2.35. The summed E-state index contributed by atoms with van der Waals surface area (Å²) in [5, 5.41) is 4.68. The molecule has 1 fully saturated rings. The lowest BCUT2D eigenvalue weighted by atomic mass is 10.0. The van der Waals surface area contributed by atoms with Crippen LogP contribution in [0.2, 0.25) is 10.0 Å². The number of benzene rings is 1. The molecule has 0 bridgehead atoms. The Kier molecular flexibility index (Phi) is 4.34. The number of morpholine rings is 1. The van der Waals surface area contributed by atoms with Gasteiger partial charge in [0.1, 0.15) is 0 Å². The lowest BCUT2D eigenvalue weighted by Gasteiger charge is -2.28. The number of nitrogens with zero attached hydrogens (tertiary/aromatic N) is 2. The van der Waals surface area contributed by atoms with Gasteiger partial charge in [0, 0.05) is 18.7 Å². The number of carbonyl (C=O) groups excluding carboxylic acids is 1. The van der Waals surface area contributed by atoms with Gasteiger partial charge >= 0.3 is 0 Å². The van der Waals surface area contributed by atoms with Crippen molar-refractivity contribution in [1.29, 1.82) is 0 Å². The molecule has 1 aromatic heterocycles. The van der Waals surface area contributed by atoms with E-state index in [0.717, 1.165) is 29.2 Å². The Hall–Kier alpha value is -1.78. The van der Waals surface area contributed by atoms with E-state index in [2.05, 4.69) is 15.1 Å². The predicted molar refractivity (Wildman–Crippen MR) is 99.4 cm³/mol. The van der Waals surface area contributed by atoms with Crippen LogP contribution >= 0.6 is 34.5 Å². The summed E-state index contributed by atoms with van der Waals surface area (Å²) in [4.78, 5) is 18.9. The molecule has 1 atom stereocenters. The van der Waals surface area contributed by atoms with Crippen molar-refractivity contribution in [2.45, 2.75) is 6.04 Å². The second-order valence-electron chi connectivity index (χ2n) is 5.79. The number of anilines is 1. The number of hydrogen-bond donors (Lipinski definition) is 1. The van der Waals surface area contributed by atoms with Gasteiger partial charge in [-0.25, -0.2) is 4.85 Å². The molecule has 0 spiro atoms. The van der Waals surface area contributed by atoms with Crippen LogP contribution < -0.4 is 10.2 Å². The standard InChI is InChI=1S/C17H13Cl2N3O2S/c1-20-14-12-13(9-2-3-10(18)11(19)8-9)21-16(23)15(12)25-17(14)22-4-6-24-7-5-22/h2-3,8,13H,4-7H2,(H,21,23). The van der Waals surface area contributed by atoms with Crippen molar-refractivity contribution in [1.82, 2.24) is 5.32 Å². The third kappa shape index (κ3) is 2.77. The van der Waals surface area contributed by atoms with E-state index in [1.165, 1.54) is 11.3 Å². The molecule has 2 aromatic rings. The molecule has 1 saturated heterocycles. The normalized spacial score (nSPS) is 19.5. The monoisotopic (exact) mass is 393 g/mol. The first-order chi connectivity index (χ1) is 12.1. The number of halogens is 2. The summed E-state index contributed by atoms with van der Waals surface area (Å²) in [5.74, 6) is -0.152. The maximum atomic E-state index is 12.5. The van der Waals surface area contributed by atoms with Crippen LogP contribution in [0.1, 0.15) is 26.8 Å². The minimum absolute atomic E-state index is 0.152.